The Labute approximate surface area is 160 Å². The lowest BCUT2D eigenvalue weighted by molar-refractivity contribution is -0.122. The van der Waals surface area contributed by atoms with Gasteiger partial charge >= 0.3 is 0 Å². The lowest BCUT2D eigenvalue weighted by Crippen LogP contribution is -2.36. The highest BCUT2D eigenvalue weighted by Gasteiger charge is 2.25. The topological polar surface area (TPSA) is 81.9 Å². The van der Waals surface area contributed by atoms with Gasteiger partial charge in [-0.3, -0.25) is 4.79 Å². The molecule has 26 heavy (non-hydrogen) atoms. The van der Waals surface area contributed by atoms with Gasteiger partial charge in [-0.25, -0.2) is 4.68 Å². The second-order valence-corrected chi connectivity index (χ2v) is 8.49. The number of methoxy groups -OCH3 is 1. The summed E-state index contributed by atoms with van der Waals surface area (Å²) in [6.07, 6.45) is 12.1. The van der Waals surface area contributed by atoms with Crippen LogP contribution >= 0.6 is 11.8 Å². The third-order valence-corrected chi connectivity index (χ3v) is 6.55. The van der Waals surface area contributed by atoms with Gasteiger partial charge in [0.05, 0.1) is 12.1 Å². The first kappa shape index (κ1) is 19.6. The maximum Gasteiger partial charge on any atom is 0.220 e. The Hall–Kier alpha value is -1.15. The molecule has 0 atom stereocenters. The first-order chi connectivity index (χ1) is 12.8. The number of tetrazole rings is 1. The Kier molecular flexibility index (Phi) is 7.73. The number of thioether (sulfide) groups is 1. The van der Waals surface area contributed by atoms with Crippen molar-refractivity contribution in [3.05, 3.63) is 0 Å². The minimum Gasteiger partial charge on any atom is -0.381 e. The molecule has 1 heterocycles. The summed E-state index contributed by atoms with van der Waals surface area (Å²) >= 11 is 1.66. The maximum absolute atomic E-state index is 12.1. The maximum atomic E-state index is 12.1. The van der Waals surface area contributed by atoms with Gasteiger partial charge in [0.1, 0.15) is 0 Å². The van der Waals surface area contributed by atoms with E-state index < -0.39 is 0 Å². The highest BCUT2D eigenvalue weighted by molar-refractivity contribution is 7.99. The van der Waals surface area contributed by atoms with E-state index in [4.69, 9.17) is 4.74 Å². The second-order valence-electron chi connectivity index (χ2n) is 7.43. The molecule has 2 aliphatic carbocycles. The van der Waals surface area contributed by atoms with Crippen molar-refractivity contribution in [2.45, 2.75) is 94.0 Å². The van der Waals surface area contributed by atoms with Crippen LogP contribution in [0.4, 0.5) is 0 Å². The predicted molar refractivity (Wildman–Crippen MR) is 101 cm³/mol. The zero-order chi connectivity index (χ0) is 18.2. The molecule has 0 spiro atoms. The zero-order valence-corrected chi connectivity index (χ0v) is 16.5. The summed E-state index contributed by atoms with van der Waals surface area (Å²) in [6.45, 7) is 0. The van der Waals surface area contributed by atoms with Crippen LogP contribution in [-0.4, -0.2) is 51.1 Å². The standard InChI is InChI=1S/C18H31N5O2S/c1-25-16-11-9-15(10-12-16)23-18(20-21-22-23)26-13-5-8-17(24)19-14-6-3-2-4-7-14/h14-16H,2-13H2,1H3,(H,19,24). The van der Waals surface area contributed by atoms with Gasteiger partial charge in [-0.05, 0) is 55.4 Å². The Bertz CT molecular complexity index is 554. The van der Waals surface area contributed by atoms with Gasteiger partial charge in [-0.15, -0.1) is 5.10 Å². The van der Waals surface area contributed by atoms with Gasteiger partial charge in [0, 0.05) is 25.3 Å². The molecule has 0 bridgehead atoms. The molecule has 1 aromatic heterocycles. The molecule has 0 unspecified atom stereocenters. The predicted octanol–water partition coefficient (Wildman–Crippen LogP) is 3.12. The van der Waals surface area contributed by atoms with Gasteiger partial charge < -0.3 is 10.1 Å². The summed E-state index contributed by atoms with van der Waals surface area (Å²) in [5.74, 6) is 1.06. The number of carbonyl (C=O) groups excluding carboxylic acids is 1. The van der Waals surface area contributed by atoms with Gasteiger partial charge in [-0.2, -0.15) is 0 Å². The van der Waals surface area contributed by atoms with Crippen molar-refractivity contribution in [1.82, 2.24) is 25.5 Å². The Morgan fingerprint density at radius 3 is 2.69 bits per heavy atom. The Morgan fingerprint density at radius 2 is 1.96 bits per heavy atom. The number of aromatic nitrogens is 4. The summed E-state index contributed by atoms with van der Waals surface area (Å²) in [4.78, 5) is 12.1. The van der Waals surface area contributed by atoms with Crippen LogP contribution < -0.4 is 5.32 Å². The van der Waals surface area contributed by atoms with E-state index >= 15 is 0 Å². The molecule has 2 aliphatic rings. The molecular formula is C18H31N5O2S. The molecule has 1 aromatic rings. The normalized spacial score (nSPS) is 24.5. The summed E-state index contributed by atoms with van der Waals surface area (Å²) in [7, 11) is 1.79. The van der Waals surface area contributed by atoms with Crippen molar-refractivity contribution in [3.63, 3.8) is 0 Å². The largest absolute Gasteiger partial charge is 0.381 e. The van der Waals surface area contributed by atoms with Crippen molar-refractivity contribution in [3.8, 4) is 0 Å². The van der Waals surface area contributed by atoms with E-state index in [1.165, 1.54) is 19.3 Å². The number of ether oxygens (including phenoxy) is 1. The molecule has 146 valence electrons. The van der Waals surface area contributed by atoms with Gasteiger partial charge in [0.25, 0.3) is 0 Å². The first-order valence-corrected chi connectivity index (χ1v) is 11.0. The van der Waals surface area contributed by atoms with Crippen LogP contribution in [0.25, 0.3) is 0 Å². The molecule has 8 heteroatoms. The molecule has 0 saturated heterocycles. The lowest BCUT2D eigenvalue weighted by Gasteiger charge is -2.27. The molecule has 1 amide bonds. The number of rotatable bonds is 8. The van der Waals surface area contributed by atoms with Crippen molar-refractivity contribution < 1.29 is 9.53 Å². The number of carbonyl (C=O) groups is 1. The summed E-state index contributed by atoms with van der Waals surface area (Å²) in [6, 6.07) is 0.770. The highest BCUT2D eigenvalue weighted by atomic mass is 32.2. The van der Waals surface area contributed by atoms with E-state index in [0.29, 0.717) is 24.6 Å². The average Bonchev–Trinajstić information content (AvgIpc) is 3.14. The molecule has 0 aliphatic heterocycles. The average molecular weight is 382 g/mol. The quantitative estimate of drug-likeness (QED) is 0.550. The fourth-order valence-electron chi connectivity index (χ4n) is 3.98. The van der Waals surface area contributed by atoms with E-state index in [1.807, 2.05) is 4.68 Å². The van der Waals surface area contributed by atoms with E-state index in [9.17, 15) is 4.79 Å². The fourth-order valence-corrected chi connectivity index (χ4v) is 4.86. The Morgan fingerprint density at radius 1 is 1.19 bits per heavy atom. The van der Waals surface area contributed by atoms with Crippen LogP contribution in [0, 0.1) is 0 Å². The number of hydrogen-bond donors (Lipinski definition) is 1. The van der Waals surface area contributed by atoms with Crippen molar-refractivity contribution >= 4 is 17.7 Å². The van der Waals surface area contributed by atoms with Crippen molar-refractivity contribution in [2.24, 2.45) is 0 Å². The van der Waals surface area contributed by atoms with Gasteiger partial charge in [-0.1, -0.05) is 31.0 Å². The number of nitrogens with one attached hydrogen (secondary N) is 1. The van der Waals surface area contributed by atoms with E-state index in [0.717, 1.165) is 55.9 Å². The summed E-state index contributed by atoms with van der Waals surface area (Å²) < 4.78 is 7.41. The van der Waals surface area contributed by atoms with E-state index in [1.54, 1.807) is 18.9 Å². The van der Waals surface area contributed by atoms with Crippen LogP contribution in [0.2, 0.25) is 0 Å². The molecular weight excluding hydrogens is 350 g/mol. The smallest absolute Gasteiger partial charge is 0.220 e. The molecule has 2 saturated carbocycles. The van der Waals surface area contributed by atoms with Crippen LogP contribution in [0.1, 0.15) is 76.7 Å². The lowest BCUT2D eigenvalue weighted by atomic mass is 9.93. The minimum absolute atomic E-state index is 0.190. The molecule has 7 nitrogen and oxygen atoms in total. The zero-order valence-electron chi connectivity index (χ0n) is 15.7. The van der Waals surface area contributed by atoms with Gasteiger partial charge in [0.2, 0.25) is 11.1 Å². The second kappa shape index (κ2) is 10.3. The Balaban J connectivity index is 1.36. The van der Waals surface area contributed by atoms with Gasteiger partial charge in [0.15, 0.2) is 0 Å². The third-order valence-electron chi connectivity index (χ3n) is 5.54. The summed E-state index contributed by atoms with van der Waals surface area (Å²) in [5, 5.41) is 16.3. The molecule has 0 radical (unpaired) electrons. The van der Waals surface area contributed by atoms with Crippen LogP contribution in [0.15, 0.2) is 5.16 Å². The highest BCUT2D eigenvalue weighted by Crippen LogP contribution is 2.31. The van der Waals surface area contributed by atoms with Crippen LogP contribution in [-0.2, 0) is 9.53 Å². The van der Waals surface area contributed by atoms with Crippen molar-refractivity contribution in [2.75, 3.05) is 12.9 Å². The minimum atomic E-state index is 0.190. The molecule has 1 N–H and O–H groups in total. The SMILES string of the molecule is COC1CCC(n2nnnc2SCCCC(=O)NC2CCCCC2)CC1. The third kappa shape index (κ3) is 5.67. The monoisotopic (exact) mass is 381 g/mol. The number of amides is 1. The molecule has 2 fully saturated rings. The van der Waals surface area contributed by atoms with Crippen molar-refractivity contribution in [1.29, 1.82) is 0 Å². The van der Waals surface area contributed by atoms with Crippen LogP contribution in [0.5, 0.6) is 0 Å². The number of nitrogens with zero attached hydrogens (tertiary/aromatic N) is 4. The fraction of sp³-hybridized carbons (Fsp3) is 0.889. The summed E-state index contributed by atoms with van der Waals surface area (Å²) in [5.41, 5.74) is 0. The number of hydrogen-bond acceptors (Lipinski definition) is 6. The van der Waals surface area contributed by atoms with E-state index in [2.05, 4.69) is 20.8 Å². The van der Waals surface area contributed by atoms with E-state index in [-0.39, 0.29) is 5.91 Å². The first-order valence-electron chi connectivity index (χ1n) is 9.99. The molecule has 0 aromatic carbocycles. The molecule has 3 rings (SSSR count). The van der Waals surface area contributed by atoms with Crippen LogP contribution in [0.3, 0.4) is 0 Å².